The van der Waals surface area contributed by atoms with Crippen LogP contribution < -0.4 is 5.32 Å². The van der Waals surface area contributed by atoms with Crippen LogP contribution in [0, 0.1) is 13.8 Å². The Morgan fingerprint density at radius 2 is 1.95 bits per heavy atom. The molecule has 2 heteroatoms. The number of hydrogen-bond acceptors (Lipinski definition) is 1. The number of rotatable bonds is 3. The topological polar surface area (TPSA) is 17.0 Å². The van der Waals surface area contributed by atoms with Crippen molar-refractivity contribution in [1.29, 1.82) is 0 Å². The third kappa shape index (κ3) is 2.35. The standard InChI is InChI=1S/C18H24N2/c1-13-11-16(14(2)20(13)3)12-19-18-10-6-8-15-7-4-5-9-17(15)18/h6,8,10-11,19H,4-5,7,9,12H2,1-3H3. The molecular formula is C18H24N2. The highest BCUT2D eigenvalue weighted by molar-refractivity contribution is 5.56. The third-order valence-corrected chi connectivity index (χ3v) is 4.75. The minimum atomic E-state index is 0.921. The van der Waals surface area contributed by atoms with Crippen LogP contribution in [0.2, 0.25) is 0 Å². The minimum absolute atomic E-state index is 0.921. The van der Waals surface area contributed by atoms with E-state index in [2.05, 4.69) is 55.0 Å². The summed E-state index contributed by atoms with van der Waals surface area (Å²) in [5.74, 6) is 0. The molecule has 20 heavy (non-hydrogen) atoms. The Labute approximate surface area is 121 Å². The van der Waals surface area contributed by atoms with Crippen LogP contribution in [-0.2, 0) is 26.4 Å². The lowest BCUT2D eigenvalue weighted by Crippen LogP contribution is -2.09. The summed E-state index contributed by atoms with van der Waals surface area (Å²) in [6.07, 6.45) is 5.14. The van der Waals surface area contributed by atoms with E-state index >= 15 is 0 Å². The van der Waals surface area contributed by atoms with Gasteiger partial charge in [0.25, 0.3) is 0 Å². The van der Waals surface area contributed by atoms with Gasteiger partial charge in [-0.3, -0.25) is 0 Å². The summed E-state index contributed by atoms with van der Waals surface area (Å²) >= 11 is 0. The summed E-state index contributed by atoms with van der Waals surface area (Å²) in [4.78, 5) is 0. The minimum Gasteiger partial charge on any atom is -0.381 e. The number of benzene rings is 1. The van der Waals surface area contributed by atoms with E-state index in [0.717, 1.165) is 6.54 Å². The van der Waals surface area contributed by atoms with E-state index < -0.39 is 0 Å². The maximum atomic E-state index is 3.66. The van der Waals surface area contributed by atoms with Crippen LogP contribution in [0.5, 0.6) is 0 Å². The van der Waals surface area contributed by atoms with Gasteiger partial charge in [0.15, 0.2) is 0 Å². The van der Waals surface area contributed by atoms with Crippen molar-refractivity contribution in [1.82, 2.24) is 4.57 Å². The predicted molar refractivity (Wildman–Crippen MR) is 85.3 cm³/mol. The molecule has 0 unspecified atom stereocenters. The Kier molecular flexibility index (Phi) is 3.56. The molecule has 2 aromatic rings. The first-order valence-corrected chi connectivity index (χ1v) is 7.63. The van der Waals surface area contributed by atoms with Crippen molar-refractivity contribution in [3.05, 3.63) is 52.3 Å². The van der Waals surface area contributed by atoms with Crippen LogP contribution in [0.3, 0.4) is 0 Å². The zero-order valence-electron chi connectivity index (χ0n) is 12.8. The molecule has 0 bridgehead atoms. The van der Waals surface area contributed by atoms with Crippen molar-refractivity contribution in [3.8, 4) is 0 Å². The zero-order valence-corrected chi connectivity index (χ0v) is 12.8. The molecule has 0 amide bonds. The second-order valence-corrected chi connectivity index (χ2v) is 5.96. The molecule has 0 fully saturated rings. The number of hydrogen-bond donors (Lipinski definition) is 1. The average molecular weight is 268 g/mol. The number of anilines is 1. The Balaban J connectivity index is 1.80. The quantitative estimate of drug-likeness (QED) is 0.885. The maximum absolute atomic E-state index is 3.66. The number of nitrogens with one attached hydrogen (secondary N) is 1. The largest absolute Gasteiger partial charge is 0.381 e. The number of aromatic nitrogens is 1. The second kappa shape index (κ2) is 5.35. The van der Waals surface area contributed by atoms with Crippen LogP contribution in [-0.4, -0.2) is 4.57 Å². The molecule has 2 nitrogen and oxygen atoms in total. The molecule has 1 aromatic heterocycles. The molecule has 1 aromatic carbocycles. The van der Waals surface area contributed by atoms with Gasteiger partial charge in [-0.05, 0) is 68.4 Å². The van der Waals surface area contributed by atoms with E-state index in [4.69, 9.17) is 0 Å². The Hall–Kier alpha value is -1.70. The summed E-state index contributed by atoms with van der Waals surface area (Å²) in [5.41, 5.74) is 8.52. The van der Waals surface area contributed by atoms with Gasteiger partial charge in [-0.15, -0.1) is 0 Å². The van der Waals surface area contributed by atoms with Crippen LogP contribution in [0.15, 0.2) is 24.3 Å². The Morgan fingerprint density at radius 1 is 1.15 bits per heavy atom. The van der Waals surface area contributed by atoms with Gasteiger partial charge in [-0.1, -0.05) is 12.1 Å². The fraction of sp³-hybridized carbons (Fsp3) is 0.444. The molecule has 1 N–H and O–H groups in total. The SMILES string of the molecule is Cc1cc(CNc2cccc3c2CCCC3)c(C)n1C. The van der Waals surface area contributed by atoms with Gasteiger partial charge in [-0.2, -0.15) is 0 Å². The summed E-state index contributed by atoms with van der Waals surface area (Å²) in [5, 5.41) is 3.66. The molecule has 106 valence electrons. The van der Waals surface area contributed by atoms with Crippen LogP contribution >= 0.6 is 0 Å². The smallest absolute Gasteiger partial charge is 0.0418 e. The lowest BCUT2D eigenvalue weighted by molar-refractivity contribution is 0.686. The zero-order chi connectivity index (χ0) is 14.1. The molecule has 0 atom stereocenters. The van der Waals surface area contributed by atoms with Crippen LogP contribution in [0.1, 0.15) is 40.9 Å². The fourth-order valence-corrected chi connectivity index (χ4v) is 3.25. The summed E-state index contributed by atoms with van der Waals surface area (Å²) in [6, 6.07) is 9.00. The number of aryl methyl sites for hydroxylation is 2. The molecule has 0 saturated carbocycles. The number of fused-ring (bicyclic) bond motifs is 1. The first kappa shape index (κ1) is 13.3. The Bertz CT molecular complexity index is 623. The molecule has 0 saturated heterocycles. The maximum Gasteiger partial charge on any atom is 0.0418 e. The average Bonchev–Trinajstić information content (AvgIpc) is 2.72. The molecule has 3 rings (SSSR count). The van der Waals surface area contributed by atoms with Crippen molar-refractivity contribution >= 4 is 5.69 Å². The molecule has 0 radical (unpaired) electrons. The van der Waals surface area contributed by atoms with E-state index in [1.807, 2.05) is 0 Å². The van der Waals surface area contributed by atoms with Crippen molar-refractivity contribution in [2.75, 3.05) is 5.32 Å². The molecular weight excluding hydrogens is 244 g/mol. The van der Waals surface area contributed by atoms with Gasteiger partial charge in [-0.25, -0.2) is 0 Å². The summed E-state index contributed by atoms with van der Waals surface area (Å²) in [7, 11) is 2.14. The highest BCUT2D eigenvalue weighted by Crippen LogP contribution is 2.28. The van der Waals surface area contributed by atoms with Crippen LogP contribution in [0.4, 0.5) is 5.69 Å². The van der Waals surface area contributed by atoms with Crippen LogP contribution in [0.25, 0.3) is 0 Å². The highest BCUT2D eigenvalue weighted by atomic mass is 15.0. The molecule has 1 aliphatic rings. The van der Waals surface area contributed by atoms with Crippen molar-refractivity contribution < 1.29 is 0 Å². The highest BCUT2D eigenvalue weighted by Gasteiger charge is 2.13. The van der Waals surface area contributed by atoms with Gasteiger partial charge < -0.3 is 9.88 Å². The van der Waals surface area contributed by atoms with Gasteiger partial charge >= 0.3 is 0 Å². The van der Waals surface area contributed by atoms with Gasteiger partial charge in [0.2, 0.25) is 0 Å². The first-order chi connectivity index (χ1) is 9.66. The first-order valence-electron chi connectivity index (χ1n) is 7.63. The van der Waals surface area contributed by atoms with Crippen molar-refractivity contribution in [3.63, 3.8) is 0 Å². The fourth-order valence-electron chi connectivity index (χ4n) is 3.25. The lowest BCUT2D eigenvalue weighted by Gasteiger charge is -2.20. The second-order valence-electron chi connectivity index (χ2n) is 5.96. The van der Waals surface area contributed by atoms with Crippen molar-refractivity contribution in [2.24, 2.45) is 7.05 Å². The van der Waals surface area contributed by atoms with E-state index in [9.17, 15) is 0 Å². The molecule has 0 spiro atoms. The van der Waals surface area contributed by atoms with Gasteiger partial charge in [0, 0.05) is 30.7 Å². The molecule has 0 aliphatic heterocycles. The summed E-state index contributed by atoms with van der Waals surface area (Å²) < 4.78 is 2.26. The van der Waals surface area contributed by atoms with E-state index in [0.29, 0.717) is 0 Å². The predicted octanol–water partition coefficient (Wildman–Crippen LogP) is 4.13. The van der Waals surface area contributed by atoms with E-state index in [1.165, 1.54) is 48.3 Å². The normalized spacial score (nSPS) is 14.2. The monoisotopic (exact) mass is 268 g/mol. The molecule has 1 aliphatic carbocycles. The van der Waals surface area contributed by atoms with E-state index in [-0.39, 0.29) is 0 Å². The van der Waals surface area contributed by atoms with Crippen molar-refractivity contribution in [2.45, 2.75) is 46.1 Å². The van der Waals surface area contributed by atoms with Gasteiger partial charge in [0.1, 0.15) is 0 Å². The lowest BCUT2D eigenvalue weighted by atomic mass is 9.90. The van der Waals surface area contributed by atoms with Gasteiger partial charge in [0.05, 0.1) is 0 Å². The Morgan fingerprint density at radius 3 is 2.70 bits per heavy atom. The third-order valence-electron chi connectivity index (χ3n) is 4.75. The summed E-state index contributed by atoms with van der Waals surface area (Å²) in [6.45, 7) is 5.29. The molecule has 1 heterocycles. The number of nitrogens with zero attached hydrogens (tertiary/aromatic N) is 1. The van der Waals surface area contributed by atoms with E-state index in [1.54, 1.807) is 11.1 Å².